The van der Waals surface area contributed by atoms with Gasteiger partial charge in [-0.3, -0.25) is 4.79 Å². The van der Waals surface area contributed by atoms with Crippen LogP contribution in [0.1, 0.15) is 46.0 Å². The molecule has 0 saturated carbocycles. The van der Waals surface area contributed by atoms with Gasteiger partial charge in [-0.05, 0) is 18.8 Å². The minimum Gasteiger partial charge on any atom is -0.465 e. The van der Waals surface area contributed by atoms with Crippen molar-refractivity contribution in [3.05, 3.63) is 12.7 Å². The first-order valence-electron chi connectivity index (χ1n) is 6.42. The summed E-state index contributed by atoms with van der Waals surface area (Å²) in [5, 5.41) is 0. The number of ether oxygens (including phenoxy) is 1. The van der Waals surface area contributed by atoms with E-state index in [1.807, 2.05) is 0 Å². The van der Waals surface area contributed by atoms with Crippen LogP contribution in [0.4, 0.5) is 0 Å². The first-order valence-corrected chi connectivity index (χ1v) is 6.42. The SMILES string of the molecule is C=CCC(C=O)C(=O)OCC(CC)CCCC. The van der Waals surface area contributed by atoms with Crippen LogP contribution in [-0.4, -0.2) is 18.9 Å². The summed E-state index contributed by atoms with van der Waals surface area (Å²) in [6, 6.07) is 0. The van der Waals surface area contributed by atoms with Crippen molar-refractivity contribution in [1.29, 1.82) is 0 Å². The second-order valence-corrected chi connectivity index (χ2v) is 4.31. The quantitative estimate of drug-likeness (QED) is 0.255. The van der Waals surface area contributed by atoms with Crippen LogP contribution in [0.25, 0.3) is 0 Å². The molecule has 0 fully saturated rings. The fourth-order valence-electron chi connectivity index (χ4n) is 1.59. The molecule has 0 N–H and O–H groups in total. The van der Waals surface area contributed by atoms with Crippen LogP contribution in [0, 0.1) is 11.8 Å². The van der Waals surface area contributed by atoms with Crippen LogP contribution < -0.4 is 0 Å². The van der Waals surface area contributed by atoms with E-state index >= 15 is 0 Å². The van der Waals surface area contributed by atoms with Crippen LogP contribution in [0.2, 0.25) is 0 Å². The molecule has 0 radical (unpaired) electrons. The van der Waals surface area contributed by atoms with Crippen LogP contribution in [0.3, 0.4) is 0 Å². The first-order chi connectivity index (χ1) is 8.19. The molecule has 98 valence electrons. The molecule has 0 aromatic heterocycles. The Hall–Kier alpha value is -1.12. The number of allylic oxidation sites excluding steroid dienone is 1. The molecule has 0 aromatic rings. The van der Waals surface area contributed by atoms with Gasteiger partial charge in [0.05, 0.1) is 6.61 Å². The summed E-state index contributed by atoms with van der Waals surface area (Å²) < 4.78 is 5.18. The van der Waals surface area contributed by atoms with Gasteiger partial charge in [0.2, 0.25) is 0 Å². The first kappa shape index (κ1) is 15.9. The Kier molecular flexibility index (Phi) is 9.40. The Labute approximate surface area is 104 Å². The molecule has 0 bridgehead atoms. The fraction of sp³-hybridized carbons (Fsp3) is 0.714. The maximum Gasteiger partial charge on any atom is 0.316 e. The van der Waals surface area contributed by atoms with Gasteiger partial charge >= 0.3 is 5.97 Å². The van der Waals surface area contributed by atoms with Gasteiger partial charge in [-0.2, -0.15) is 0 Å². The topological polar surface area (TPSA) is 43.4 Å². The zero-order valence-electron chi connectivity index (χ0n) is 11.0. The van der Waals surface area contributed by atoms with Gasteiger partial charge in [-0.15, -0.1) is 6.58 Å². The minimum atomic E-state index is -0.684. The Bertz CT molecular complexity index is 236. The van der Waals surface area contributed by atoms with Crippen molar-refractivity contribution < 1.29 is 14.3 Å². The average Bonchev–Trinajstić information content (AvgIpc) is 2.35. The third-order valence-electron chi connectivity index (χ3n) is 2.89. The molecule has 0 saturated heterocycles. The Morgan fingerprint density at radius 3 is 2.59 bits per heavy atom. The smallest absolute Gasteiger partial charge is 0.316 e. The van der Waals surface area contributed by atoms with Gasteiger partial charge in [-0.1, -0.05) is 39.2 Å². The van der Waals surface area contributed by atoms with Crippen molar-refractivity contribution in [3.63, 3.8) is 0 Å². The zero-order chi connectivity index (χ0) is 13.1. The van der Waals surface area contributed by atoms with Gasteiger partial charge in [-0.25, -0.2) is 0 Å². The third-order valence-corrected chi connectivity index (χ3v) is 2.89. The molecule has 0 aliphatic rings. The van der Waals surface area contributed by atoms with Crippen LogP contribution in [0.5, 0.6) is 0 Å². The van der Waals surface area contributed by atoms with Crippen LogP contribution in [0.15, 0.2) is 12.7 Å². The van der Waals surface area contributed by atoms with E-state index < -0.39 is 11.9 Å². The normalized spacial score (nSPS) is 13.8. The lowest BCUT2D eigenvalue weighted by Gasteiger charge is -2.16. The monoisotopic (exact) mass is 240 g/mol. The number of unbranched alkanes of at least 4 members (excludes halogenated alkanes) is 1. The second kappa shape index (κ2) is 10.1. The molecule has 0 aliphatic carbocycles. The molecule has 0 heterocycles. The molecule has 0 aromatic carbocycles. The van der Waals surface area contributed by atoms with E-state index in [4.69, 9.17) is 4.74 Å². The molecule has 0 aliphatic heterocycles. The standard InChI is InChI=1S/C14H24O3/c1-4-7-9-12(6-3)11-17-14(16)13(10-15)8-5-2/h5,10,12-13H,2,4,6-9,11H2,1,3H3. The van der Waals surface area contributed by atoms with Gasteiger partial charge in [0, 0.05) is 0 Å². The maximum atomic E-state index is 11.6. The van der Waals surface area contributed by atoms with Gasteiger partial charge in [0.25, 0.3) is 0 Å². The molecule has 0 spiro atoms. The molecule has 3 heteroatoms. The Morgan fingerprint density at radius 2 is 2.12 bits per heavy atom. The highest BCUT2D eigenvalue weighted by Gasteiger charge is 2.18. The van der Waals surface area contributed by atoms with Crippen molar-refractivity contribution in [2.24, 2.45) is 11.8 Å². The van der Waals surface area contributed by atoms with E-state index in [0.717, 1.165) is 25.7 Å². The molecular weight excluding hydrogens is 216 g/mol. The van der Waals surface area contributed by atoms with E-state index in [9.17, 15) is 9.59 Å². The van der Waals surface area contributed by atoms with Crippen molar-refractivity contribution in [3.8, 4) is 0 Å². The van der Waals surface area contributed by atoms with Crippen molar-refractivity contribution in [2.45, 2.75) is 46.0 Å². The summed E-state index contributed by atoms with van der Waals surface area (Å²) in [5.74, 6) is -0.694. The van der Waals surface area contributed by atoms with E-state index in [1.165, 1.54) is 0 Å². The van der Waals surface area contributed by atoms with Crippen molar-refractivity contribution >= 4 is 12.3 Å². The predicted molar refractivity (Wildman–Crippen MR) is 68.6 cm³/mol. The number of esters is 1. The molecular formula is C14H24O3. The summed E-state index contributed by atoms with van der Waals surface area (Å²) in [5.41, 5.74) is 0. The van der Waals surface area contributed by atoms with E-state index in [1.54, 1.807) is 6.08 Å². The summed E-state index contributed by atoms with van der Waals surface area (Å²) in [7, 11) is 0. The lowest BCUT2D eigenvalue weighted by atomic mass is 10.0. The number of carbonyl (C=O) groups excluding carboxylic acids is 2. The fourth-order valence-corrected chi connectivity index (χ4v) is 1.59. The number of rotatable bonds is 10. The second-order valence-electron chi connectivity index (χ2n) is 4.31. The predicted octanol–water partition coefficient (Wildman–Crippen LogP) is 3.14. The molecule has 0 amide bonds. The minimum absolute atomic E-state index is 0.355. The van der Waals surface area contributed by atoms with Crippen molar-refractivity contribution in [1.82, 2.24) is 0 Å². The number of hydrogen-bond acceptors (Lipinski definition) is 3. The Morgan fingerprint density at radius 1 is 1.41 bits per heavy atom. The molecule has 0 rings (SSSR count). The maximum absolute atomic E-state index is 11.6. The summed E-state index contributed by atoms with van der Waals surface area (Å²) >= 11 is 0. The summed E-state index contributed by atoms with van der Waals surface area (Å²) in [4.78, 5) is 22.2. The lowest BCUT2D eigenvalue weighted by Crippen LogP contribution is -2.21. The van der Waals surface area contributed by atoms with E-state index in [-0.39, 0.29) is 0 Å². The zero-order valence-corrected chi connectivity index (χ0v) is 11.0. The number of carbonyl (C=O) groups is 2. The summed E-state index contributed by atoms with van der Waals surface area (Å²) in [6.45, 7) is 8.18. The number of aldehydes is 1. The van der Waals surface area contributed by atoms with Gasteiger partial charge in [0.15, 0.2) is 0 Å². The average molecular weight is 240 g/mol. The molecule has 2 atom stereocenters. The van der Waals surface area contributed by atoms with Gasteiger partial charge < -0.3 is 9.53 Å². The highest BCUT2D eigenvalue weighted by Crippen LogP contribution is 2.14. The molecule has 17 heavy (non-hydrogen) atoms. The third kappa shape index (κ3) is 6.93. The highest BCUT2D eigenvalue weighted by atomic mass is 16.5. The number of hydrogen-bond donors (Lipinski definition) is 0. The van der Waals surface area contributed by atoms with Gasteiger partial charge in [0.1, 0.15) is 12.2 Å². The molecule has 3 nitrogen and oxygen atoms in total. The van der Waals surface area contributed by atoms with E-state index in [0.29, 0.717) is 25.2 Å². The Balaban J connectivity index is 4.01. The lowest BCUT2D eigenvalue weighted by molar-refractivity contribution is -0.151. The summed E-state index contributed by atoms with van der Waals surface area (Å²) in [6.07, 6.45) is 6.94. The van der Waals surface area contributed by atoms with E-state index in [2.05, 4.69) is 20.4 Å². The largest absolute Gasteiger partial charge is 0.465 e. The van der Waals surface area contributed by atoms with Crippen LogP contribution >= 0.6 is 0 Å². The molecule has 2 unspecified atom stereocenters. The van der Waals surface area contributed by atoms with Crippen molar-refractivity contribution in [2.75, 3.05) is 6.61 Å². The highest BCUT2D eigenvalue weighted by molar-refractivity contribution is 5.87. The van der Waals surface area contributed by atoms with Crippen LogP contribution in [-0.2, 0) is 14.3 Å².